The lowest BCUT2D eigenvalue weighted by molar-refractivity contribution is 0.0945. The van der Waals surface area contributed by atoms with Crippen molar-refractivity contribution in [3.63, 3.8) is 0 Å². The molecule has 0 unspecified atom stereocenters. The zero-order valence-electron chi connectivity index (χ0n) is 17.0. The maximum Gasteiger partial charge on any atom is 0.271 e. The van der Waals surface area contributed by atoms with Gasteiger partial charge in [-0.15, -0.1) is 0 Å². The van der Waals surface area contributed by atoms with Gasteiger partial charge in [-0.1, -0.05) is 6.07 Å². The maximum absolute atomic E-state index is 12.2. The number of rotatable bonds is 8. The van der Waals surface area contributed by atoms with E-state index in [1.807, 2.05) is 24.3 Å². The molecule has 0 aliphatic heterocycles. The summed E-state index contributed by atoms with van der Waals surface area (Å²) in [5, 5.41) is 6.06. The fourth-order valence-corrected chi connectivity index (χ4v) is 2.99. The van der Waals surface area contributed by atoms with Crippen molar-refractivity contribution >= 4 is 23.1 Å². The van der Waals surface area contributed by atoms with E-state index >= 15 is 0 Å². The molecule has 2 N–H and O–H groups in total. The molecule has 3 rings (SSSR count). The van der Waals surface area contributed by atoms with Gasteiger partial charge in [-0.25, -0.2) is 9.97 Å². The van der Waals surface area contributed by atoms with Crippen LogP contribution in [0.4, 0.5) is 17.2 Å². The number of carbonyl (C=O) groups is 1. The van der Waals surface area contributed by atoms with E-state index in [9.17, 15) is 4.79 Å². The third-order valence-corrected chi connectivity index (χ3v) is 4.64. The number of benzene rings is 1. The normalized spacial score (nSPS) is 10.4. The van der Waals surface area contributed by atoms with E-state index in [2.05, 4.69) is 63.4 Å². The average molecular weight is 390 g/mol. The third kappa shape index (κ3) is 5.28. The number of carbonyl (C=O) groups excluding carboxylic acids is 1. The number of pyridine rings is 1. The Balaban J connectivity index is 1.62. The molecule has 0 bridgehead atoms. The van der Waals surface area contributed by atoms with Crippen LogP contribution >= 0.6 is 0 Å². The van der Waals surface area contributed by atoms with Gasteiger partial charge in [-0.3, -0.25) is 9.78 Å². The monoisotopic (exact) mass is 390 g/mol. The summed E-state index contributed by atoms with van der Waals surface area (Å²) in [6.45, 7) is 8.64. The molecule has 1 aromatic carbocycles. The molecule has 7 heteroatoms. The number of hydrogen-bond acceptors (Lipinski definition) is 6. The van der Waals surface area contributed by atoms with Crippen LogP contribution in [-0.4, -0.2) is 33.9 Å². The largest absolute Gasteiger partial charge is 0.372 e. The number of hydrogen-bond donors (Lipinski definition) is 2. The molecule has 1 amide bonds. The van der Waals surface area contributed by atoms with E-state index in [1.54, 1.807) is 12.4 Å². The lowest BCUT2D eigenvalue weighted by Gasteiger charge is -2.22. The van der Waals surface area contributed by atoms with Gasteiger partial charge < -0.3 is 15.5 Å². The Kier molecular flexibility index (Phi) is 6.73. The molecule has 0 aliphatic carbocycles. The highest BCUT2D eigenvalue weighted by molar-refractivity contribution is 5.92. The second kappa shape index (κ2) is 9.64. The summed E-state index contributed by atoms with van der Waals surface area (Å²) in [5.41, 5.74) is 4.33. The molecule has 0 atom stereocenters. The van der Waals surface area contributed by atoms with Crippen molar-refractivity contribution in [2.75, 3.05) is 23.3 Å². The summed E-state index contributed by atoms with van der Waals surface area (Å²) < 4.78 is 0. The highest BCUT2D eigenvalue weighted by Gasteiger charge is 2.09. The molecule has 0 saturated heterocycles. The topological polar surface area (TPSA) is 83.0 Å². The third-order valence-electron chi connectivity index (χ3n) is 4.64. The molecule has 2 aromatic heterocycles. The SMILES string of the molecule is CCN(CC)c1ccc(Nc2cnc(C(=O)NCc3ccccn3)cn2)c(C)c1. The summed E-state index contributed by atoms with van der Waals surface area (Å²) in [5.74, 6) is 0.305. The number of anilines is 3. The Hall–Kier alpha value is -3.48. The highest BCUT2D eigenvalue weighted by Crippen LogP contribution is 2.24. The summed E-state index contributed by atoms with van der Waals surface area (Å²) in [4.78, 5) is 27.3. The van der Waals surface area contributed by atoms with Crippen LogP contribution in [0.2, 0.25) is 0 Å². The summed E-state index contributed by atoms with van der Waals surface area (Å²) in [7, 11) is 0. The Morgan fingerprint density at radius 2 is 1.86 bits per heavy atom. The van der Waals surface area contributed by atoms with Crippen LogP contribution in [0.3, 0.4) is 0 Å². The van der Waals surface area contributed by atoms with Crippen LogP contribution in [0.15, 0.2) is 55.0 Å². The molecular weight excluding hydrogens is 364 g/mol. The molecule has 0 saturated carbocycles. The Labute approximate surface area is 171 Å². The van der Waals surface area contributed by atoms with Gasteiger partial charge in [0.2, 0.25) is 0 Å². The van der Waals surface area contributed by atoms with Gasteiger partial charge in [-0.05, 0) is 56.7 Å². The molecule has 0 radical (unpaired) electrons. The lowest BCUT2D eigenvalue weighted by atomic mass is 10.1. The number of nitrogens with zero attached hydrogens (tertiary/aromatic N) is 4. The fourth-order valence-electron chi connectivity index (χ4n) is 2.99. The van der Waals surface area contributed by atoms with Gasteiger partial charge in [0, 0.05) is 30.7 Å². The van der Waals surface area contributed by atoms with E-state index in [0.29, 0.717) is 12.4 Å². The van der Waals surface area contributed by atoms with E-state index in [0.717, 1.165) is 30.0 Å². The molecule has 0 aliphatic rings. The van der Waals surface area contributed by atoms with Crippen LogP contribution in [0.5, 0.6) is 0 Å². The van der Waals surface area contributed by atoms with Crippen LogP contribution in [-0.2, 0) is 6.54 Å². The molecule has 0 fully saturated rings. The average Bonchev–Trinajstić information content (AvgIpc) is 2.76. The second-order valence-electron chi connectivity index (χ2n) is 6.59. The van der Waals surface area contributed by atoms with Crippen molar-refractivity contribution in [1.82, 2.24) is 20.3 Å². The zero-order chi connectivity index (χ0) is 20.6. The maximum atomic E-state index is 12.2. The number of amides is 1. The highest BCUT2D eigenvalue weighted by atomic mass is 16.1. The van der Waals surface area contributed by atoms with E-state index in [4.69, 9.17) is 0 Å². The first-order valence-corrected chi connectivity index (χ1v) is 9.73. The van der Waals surface area contributed by atoms with Crippen molar-refractivity contribution in [2.45, 2.75) is 27.3 Å². The van der Waals surface area contributed by atoms with Crippen LogP contribution in [0.1, 0.15) is 35.6 Å². The number of nitrogens with one attached hydrogen (secondary N) is 2. The first kappa shape index (κ1) is 20.3. The van der Waals surface area contributed by atoms with Crippen molar-refractivity contribution in [3.8, 4) is 0 Å². The van der Waals surface area contributed by atoms with Crippen molar-refractivity contribution in [3.05, 3.63) is 71.9 Å². The molecule has 7 nitrogen and oxygen atoms in total. The Morgan fingerprint density at radius 3 is 2.48 bits per heavy atom. The predicted molar refractivity (Wildman–Crippen MR) is 115 cm³/mol. The summed E-state index contributed by atoms with van der Waals surface area (Å²) in [6.07, 6.45) is 4.72. The summed E-state index contributed by atoms with van der Waals surface area (Å²) in [6, 6.07) is 11.9. The number of aryl methyl sites for hydroxylation is 1. The Morgan fingerprint density at radius 1 is 1.03 bits per heavy atom. The van der Waals surface area contributed by atoms with E-state index in [1.165, 1.54) is 11.9 Å². The molecule has 150 valence electrons. The van der Waals surface area contributed by atoms with Gasteiger partial charge in [0.1, 0.15) is 11.5 Å². The predicted octanol–water partition coefficient (Wildman–Crippen LogP) is 3.70. The minimum Gasteiger partial charge on any atom is -0.372 e. The van der Waals surface area contributed by atoms with Gasteiger partial charge in [0.05, 0.1) is 24.6 Å². The van der Waals surface area contributed by atoms with Crippen LogP contribution < -0.4 is 15.5 Å². The van der Waals surface area contributed by atoms with Crippen molar-refractivity contribution in [2.24, 2.45) is 0 Å². The van der Waals surface area contributed by atoms with Gasteiger partial charge in [0.15, 0.2) is 0 Å². The fraction of sp³-hybridized carbons (Fsp3) is 0.273. The molecule has 2 heterocycles. The minimum absolute atomic E-state index is 0.264. The molecule has 3 aromatic rings. The quantitative estimate of drug-likeness (QED) is 0.610. The smallest absolute Gasteiger partial charge is 0.271 e. The second-order valence-corrected chi connectivity index (χ2v) is 6.59. The number of aromatic nitrogens is 3. The standard InChI is InChI=1S/C22H26N6O/c1-4-28(5-2)18-9-10-19(16(3)12-18)27-21-15-24-20(14-25-21)22(29)26-13-17-8-6-7-11-23-17/h6-12,14-15H,4-5,13H2,1-3H3,(H,25,27)(H,26,29). The van der Waals surface area contributed by atoms with Gasteiger partial charge >= 0.3 is 0 Å². The first-order chi connectivity index (χ1) is 14.1. The minimum atomic E-state index is -0.283. The van der Waals surface area contributed by atoms with Gasteiger partial charge in [0.25, 0.3) is 5.91 Å². The lowest BCUT2D eigenvalue weighted by Crippen LogP contribution is -2.24. The zero-order valence-corrected chi connectivity index (χ0v) is 17.0. The molecular formula is C22H26N6O. The van der Waals surface area contributed by atoms with Crippen molar-refractivity contribution < 1.29 is 4.79 Å². The van der Waals surface area contributed by atoms with Crippen molar-refractivity contribution in [1.29, 1.82) is 0 Å². The van der Waals surface area contributed by atoms with Crippen LogP contribution in [0.25, 0.3) is 0 Å². The first-order valence-electron chi connectivity index (χ1n) is 9.73. The molecule has 0 spiro atoms. The van der Waals surface area contributed by atoms with E-state index in [-0.39, 0.29) is 11.6 Å². The molecule has 29 heavy (non-hydrogen) atoms. The Bertz CT molecular complexity index is 939. The summed E-state index contributed by atoms with van der Waals surface area (Å²) >= 11 is 0. The van der Waals surface area contributed by atoms with Gasteiger partial charge in [-0.2, -0.15) is 0 Å². The van der Waals surface area contributed by atoms with E-state index < -0.39 is 0 Å². The van der Waals surface area contributed by atoms with Crippen LogP contribution in [0, 0.1) is 6.92 Å².